The van der Waals surface area contributed by atoms with Crippen LogP contribution in [0.1, 0.15) is 12.8 Å². The van der Waals surface area contributed by atoms with Gasteiger partial charge < -0.3 is 4.74 Å². The molecule has 8 nitrogen and oxygen atoms in total. The molecule has 10 heteroatoms. The van der Waals surface area contributed by atoms with Gasteiger partial charge in [-0.15, -0.1) is 0 Å². The van der Waals surface area contributed by atoms with Crippen LogP contribution in [0.25, 0.3) is 0 Å². The Labute approximate surface area is 137 Å². The Morgan fingerprint density at radius 2 is 2.00 bits per heavy atom. The molecular formula is C14H15FN2O6S. The molecule has 0 unspecified atom stereocenters. The van der Waals surface area contributed by atoms with E-state index in [1.54, 1.807) is 0 Å². The number of esters is 1. The van der Waals surface area contributed by atoms with Crippen LogP contribution < -0.4 is 4.72 Å². The fourth-order valence-electron chi connectivity index (χ4n) is 2.08. The van der Waals surface area contributed by atoms with Gasteiger partial charge in [-0.25, -0.2) is 12.8 Å². The minimum Gasteiger partial charge on any atom is -0.455 e. The standard InChI is InChI=1S/C14H15FN2O6S/c15-10-4-1-2-5-11(10)24(21,22)16-8-14(20)23-9-13(19)17-7-3-6-12(17)18/h1-2,4-5,16H,3,6-9H2. The van der Waals surface area contributed by atoms with E-state index in [9.17, 15) is 27.2 Å². The zero-order valence-electron chi connectivity index (χ0n) is 12.5. The maximum atomic E-state index is 13.5. The van der Waals surface area contributed by atoms with Crippen LogP contribution in [0.2, 0.25) is 0 Å². The van der Waals surface area contributed by atoms with Gasteiger partial charge in [0, 0.05) is 13.0 Å². The number of nitrogens with zero attached hydrogens (tertiary/aromatic N) is 1. The van der Waals surface area contributed by atoms with E-state index in [0.717, 1.165) is 17.0 Å². The number of rotatable bonds is 6. The second-order valence-corrected chi connectivity index (χ2v) is 6.69. The van der Waals surface area contributed by atoms with Crippen molar-refractivity contribution >= 4 is 27.8 Å². The molecule has 0 aromatic heterocycles. The van der Waals surface area contributed by atoms with Crippen LogP contribution in [-0.2, 0) is 29.1 Å². The first-order valence-electron chi connectivity index (χ1n) is 7.04. The highest BCUT2D eigenvalue weighted by molar-refractivity contribution is 7.89. The third-order valence-corrected chi connectivity index (χ3v) is 4.70. The van der Waals surface area contributed by atoms with Gasteiger partial charge in [0.15, 0.2) is 6.61 Å². The molecule has 1 N–H and O–H groups in total. The first-order valence-corrected chi connectivity index (χ1v) is 8.52. The first kappa shape index (κ1) is 18.0. The van der Waals surface area contributed by atoms with Crippen molar-refractivity contribution in [3.05, 3.63) is 30.1 Å². The number of carbonyl (C=O) groups excluding carboxylic acids is 3. The first-order chi connectivity index (χ1) is 11.3. The van der Waals surface area contributed by atoms with Crippen LogP contribution in [0.3, 0.4) is 0 Å². The average molecular weight is 358 g/mol. The van der Waals surface area contributed by atoms with E-state index < -0.39 is 45.8 Å². The lowest BCUT2D eigenvalue weighted by Crippen LogP contribution is -2.37. The van der Waals surface area contributed by atoms with Gasteiger partial charge in [-0.2, -0.15) is 4.72 Å². The number of carbonyl (C=O) groups is 3. The van der Waals surface area contributed by atoms with Crippen LogP contribution in [0.4, 0.5) is 4.39 Å². The molecule has 0 radical (unpaired) electrons. The van der Waals surface area contributed by atoms with Gasteiger partial charge in [0.05, 0.1) is 0 Å². The highest BCUT2D eigenvalue weighted by Gasteiger charge is 2.27. The number of halogens is 1. The highest BCUT2D eigenvalue weighted by Crippen LogP contribution is 2.13. The normalized spacial score (nSPS) is 14.7. The maximum Gasteiger partial charge on any atom is 0.321 e. The Hall–Kier alpha value is -2.33. The van der Waals surface area contributed by atoms with Crippen LogP contribution >= 0.6 is 0 Å². The number of likely N-dealkylation sites (tertiary alicyclic amines) is 1. The minimum absolute atomic E-state index is 0.266. The van der Waals surface area contributed by atoms with Crippen LogP contribution in [0.15, 0.2) is 29.2 Å². The van der Waals surface area contributed by atoms with Crippen LogP contribution in [-0.4, -0.2) is 50.8 Å². The topological polar surface area (TPSA) is 110 Å². The summed E-state index contributed by atoms with van der Waals surface area (Å²) in [5.41, 5.74) is 0. The van der Waals surface area contributed by atoms with E-state index in [-0.39, 0.29) is 18.9 Å². The molecule has 130 valence electrons. The number of hydrogen-bond acceptors (Lipinski definition) is 6. The van der Waals surface area contributed by atoms with Crippen molar-refractivity contribution in [3.8, 4) is 0 Å². The summed E-state index contributed by atoms with van der Waals surface area (Å²) in [6, 6.07) is 4.68. The molecule has 0 aliphatic carbocycles. The number of amides is 2. The predicted molar refractivity (Wildman–Crippen MR) is 78.5 cm³/mol. The molecule has 1 aliphatic rings. The Morgan fingerprint density at radius 3 is 2.62 bits per heavy atom. The summed E-state index contributed by atoms with van der Waals surface area (Å²) in [7, 11) is -4.22. The van der Waals surface area contributed by atoms with Crippen LogP contribution in [0.5, 0.6) is 0 Å². The van der Waals surface area contributed by atoms with Crippen LogP contribution in [0, 0.1) is 5.82 Å². The molecule has 1 aromatic rings. The third kappa shape index (κ3) is 4.36. The lowest BCUT2D eigenvalue weighted by molar-refractivity contribution is -0.153. The smallest absolute Gasteiger partial charge is 0.321 e. The van der Waals surface area contributed by atoms with Gasteiger partial charge in [-0.3, -0.25) is 19.3 Å². The lowest BCUT2D eigenvalue weighted by atomic mass is 10.4. The molecular weight excluding hydrogens is 343 g/mol. The molecule has 0 atom stereocenters. The predicted octanol–water partition coefficient (Wildman–Crippen LogP) is -0.204. The van der Waals surface area contributed by atoms with Crippen molar-refractivity contribution in [2.24, 2.45) is 0 Å². The van der Waals surface area contributed by atoms with E-state index in [0.29, 0.717) is 6.42 Å². The Balaban J connectivity index is 1.84. The average Bonchev–Trinajstić information content (AvgIpc) is 2.97. The summed E-state index contributed by atoms with van der Waals surface area (Å²) >= 11 is 0. The van der Waals surface area contributed by atoms with Gasteiger partial charge in [0.25, 0.3) is 5.91 Å². The van der Waals surface area contributed by atoms with Gasteiger partial charge in [-0.05, 0) is 18.6 Å². The molecule has 2 rings (SSSR count). The van der Waals surface area contributed by atoms with Crippen molar-refractivity contribution in [2.45, 2.75) is 17.7 Å². The van der Waals surface area contributed by atoms with E-state index in [1.807, 2.05) is 4.72 Å². The molecule has 1 heterocycles. The fourth-order valence-corrected chi connectivity index (χ4v) is 3.12. The monoisotopic (exact) mass is 358 g/mol. The van der Waals surface area contributed by atoms with Crippen molar-refractivity contribution in [3.63, 3.8) is 0 Å². The number of benzene rings is 1. The molecule has 2 amide bonds. The Kier molecular flexibility index (Phi) is 5.62. The zero-order chi connectivity index (χ0) is 17.7. The quantitative estimate of drug-likeness (QED) is 0.705. The van der Waals surface area contributed by atoms with Gasteiger partial charge in [0.2, 0.25) is 15.9 Å². The fraction of sp³-hybridized carbons (Fsp3) is 0.357. The second-order valence-electron chi connectivity index (χ2n) is 4.96. The van der Waals surface area contributed by atoms with Crippen molar-refractivity contribution in [2.75, 3.05) is 19.7 Å². The van der Waals surface area contributed by atoms with Crippen molar-refractivity contribution < 1.29 is 31.9 Å². The maximum absolute atomic E-state index is 13.5. The summed E-state index contributed by atoms with van der Waals surface area (Å²) in [6.45, 7) is -1.15. The lowest BCUT2D eigenvalue weighted by Gasteiger charge is -2.13. The molecule has 1 aliphatic heterocycles. The van der Waals surface area contributed by atoms with Crippen molar-refractivity contribution in [1.29, 1.82) is 0 Å². The minimum atomic E-state index is -4.22. The number of ether oxygens (including phenoxy) is 1. The molecule has 1 aromatic carbocycles. The summed E-state index contributed by atoms with van der Waals surface area (Å²) in [5.74, 6) is -2.98. The molecule has 24 heavy (non-hydrogen) atoms. The molecule has 0 bridgehead atoms. The zero-order valence-corrected chi connectivity index (χ0v) is 13.3. The van der Waals surface area contributed by atoms with E-state index >= 15 is 0 Å². The largest absolute Gasteiger partial charge is 0.455 e. The number of imide groups is 1. The van der Waals surface area contributed by atoms with E-state index in [4.69, 9.17) is 0 Å². The SMILES string of the molecule is O=C(CNS(=O)(=O)c1ccccc1F)OCC(=O)N1CCCC1=O. The Morgan fingerprint density at radius 1 is 1.29 bits per heavy atom. The van der Waals surface area contributed by atoms with Crippen molar-refractivity contribution in [1.82, 2.24) is 9.62 Å². The Bertz CT molecular complexity index is 764. The number of nitrogens with one attached hydrogen (secondary N) is 1. The van der Waals surface area contributed by atoms with Gasteiger partial charge in [0.1, 0.15) is 17.3 Å². The second kappa shape index (κ2) is 7.49. The highest BCUT2D eigenvalue weighted by atomic mass is 32.2. The summed E-state index contributed by atoms with van der Waals surface area (Å²) in [6.07, 6.45) is 0.823. The molecule has 0 saturated carbocycles. The third-order valence-electron chi connectivity index (χ3n) is 3.26. The summed E-state index contributed by atoms with van der Waals surface area (Å²) in [5, 5.41) is 0. The van der Waals surface area contributed by atoms with E-state index in [2.05, 4.69) is 4.74 Å². The molecule has 1 saturated heterocycles. The molecule has 1 fully saturated rings. The van der Waals surface area contributed by atoms with Gasteiger partial charge >= 0.3 is 5.97 Å². The number of hydrogen-bond donors (Lipinski definition) is 1. The molecule has 0 spiro atoms. The van der Waals surface area contributed by atoms with Gasteiger partial charge in [-0.1, -0.05) is 12.1 Å². The van der Waals surface area contributed by atoms with E-state index in [1.165, 1.54) is 12.1 Å². The summed E-state index contributed by atoms with van der Waals surface area (Å²) < 4.78 is 43.7. The number of sulfonamides is 1. The summed E-state index contributed by atoms with van der Waals surface area (Å²) in [4.78, 5) is 34.9.